The van der Waals surface area contributed by atoms with Crippen molar-refractivity contribution in [1.82, 2.24) is 0 Å². The van der Waals surface area contributed by atoms with Gasteiger partial charge in [-0.15, -0.1) is 0 Å². The molecule has 0 saturated heterocycles. The van der Waals surface area contributed by atoms with E-state index in [1.807, 2.05) is 0 Å². The fourth-order valence-corrected chi connectivity index (χ4v) is 10.9. The number of hydrogen-bond donors (Lipinski definition) is 0. The van der Waals surface area contributed by atoms with E-state index >= 15 is 0 Å². The zero-order valence-electron chi connectivity index (χ0n) is 53.4. The van der Waals surface area contributed by atoms with Gasteiger partial charge in [-0.2, -0.15) is 0 Å². The Kier molecular flexibility index (Phi) is 66.1. The lowest BCUT2D eigenvalue weighted by atomic mass is 10.0. The van der Waals surface area contributed by atoms with Crippen molar-refractivity contribution in [2.45, 2.75) is 399 Å². The lowest BCUT2D eigenvalue weighted by Crippen LogP contribution is -2.30. The minimum atomic E-state index is -0.778. The topological polar surface area (TPSA) is 78.9 Å². The average Bonchev–Trinajstić information content (AvgIpc) is 3.45. The maximum absolute atomic E-state index is 12.9. The highest BCUT2D eigenvalue weighted by Crippen LogP contribution is 2.19. The van der Waals surface area contributed by atoms with Crippen molar-refractivity contribution in [1.29, 1.82) is 0 Å². The van der Waals surface area contributed by atoms with Gasteiger partial charge in [0.05, 0.1) is 0 Å². The van der Waals surface area contributed by atoms with E-state index in [2.05, 4.69) is 57.2 Å². The van der Waals surface area contributed by atoms with Crippen LogP contribution in [0.2, 0.25) is 0 Å². The SMILES string of the molecule is CC/C=C\C/C=C\C/C=C\CCCCCCCC(=O)OC(COC(=O)CCCCCCCCCCCCCCCC)COC(=O)CCCCCCCCCCCCCCCCCCCCCCCCCCCCCCCCCC. The van der Waals surface area contributed by atoms with Crippen molar-refractivity contribution in [3.8, 4) is 0 Å². The average molecular weight is 1110 g/mol. The molecule has 0 N–H and O–H groups in total. The van der Waals surface area contributed by atoms with Crippen LogP contribution in [0.25, 0.3) is 0 Å². The minimum Gasteiger partial charge on any atom is -0.462 e. The van der Waals surface area contributed by atoms with Gasteiger partial charge in [0.2, 0.25) is 0 Å². The van der Waals surface area contributed by atoms with E-state index in [4.69, 9.17) is 14.2 Å². The smallest absolute Gasteiger partial charge is 0.306 e. The van der Waals surface area contributed by atoms with Crippen LogP contribution in [-0.4, -0.2) is 37.2 Å². The molecular formula is C73H136O6. The van der Waals surface area contributed by atoms with Gasteiger partial charge >= 0.3 is 17.9 Å². The van der Waals surface area contributed by atoms with Crippen LogP contribution in [0.4, 0.5) is 0 Å². The number of allylic oxidation sites excluding steroid dienone is 6. The number of carbonyl (C=O) groups excluding carboxylic acids is 3. The number of rotatable bonds is 66. The fraction of sp³-hybridized carbons (Fsp3) is 0.877. The van der Waals surface area contributed by atoms with Crippen LogP contribution in [0.3, 0.4) is 0 Å². The summed E-state index contributed by atoms with van der Waals surface area (Å²) in [5, 5.41) is 0. The molecule has 0 saturated carbocycles. The van der Waals surface area contributed by atoms with Gasteiger partial charge in [0.15, 0.2) is 6.10 Å². The van der Waals surface area contributed by atoms with Crippen LogP contribution in [0, 0.1) is 0 Å². The Balaban J connectivity index is 4.10. The van der Waals surface area contributed by atoms with E-state index in [0.29, 0.717) is 19.3 Å². The number of hydrogen-bond acceptors (Lipinski definition) is 6. The van der Waals surface area contributed by atoms with Crippen LogP contribution < -0.4 is 0 Å². The van der Waals surface area contributed by atoms with Crippen molar-refractivity contribution in [2.24, 2.45) is 0 Å². The molecule has 0 aromatic carbocycles. The molecule has 0 aliphatic rings. The largest absolute Gasteiger partial charge is 0.462 e. The summed E-state index contributed by atoms with van der Waals surface area (Å²) in [6, 6.07) is 0. The maximum Gasteiger partial charge on any atom is 0.306 e. The van der Waals surface area contributed by atoms with E-state index in [1.54, 1.807) is 0 Å². The van der Waals surface area contributed by atoms with E-state index in [0.717, 1.165) is 96.3 Å². The van der Waals surface area contributed by atoms with Crippen LogP contribution in [0.1, 0.15) is 393 Å². The third-order valence-electron chi connectivity index (χ3n) is 16.2. The third kappa shape index (κ3) is 66.3. The number of unbranched alkanes of at least 4 members (excludes halogenated alkanes) is 49. The highest BCUT2D eigenvalue weighted by Gasteiger charge is 2.19. The van der Waals surface area contributed by atoms with Crippen LogP contribution in [0.15, 0.2) is 36.5 Å². The second-order valence-corrected chi connectivity index (χ2v) is 24.1. The normalized spacial score (nSPS) is 12.2. The summed E-state index contributed by atoms with van der Waals surface area (Å²) in [6.07, 6.45) is 84.8. The summed E-state index contributed by atoms with van der Waals surface area (Å²) >= 11 is 0. The standard InChI is InChI=1S/C73H136O6/c1-4-7-10-13-16-19-22-25-28-29-30-31-32-33-34-35-36-37-38-39-40-41-42-43-44-46-48-51-54-57-60-63-66-72(75)78-69-70(68-77-71(74)65-62-59-56-53-50-47-27-24-21-18-15-12-9-6-3)79-73(76)67-64-61-58-55-52-49-45-26-23-20-17-14-11-8-5-2/h8,11,17,20,26,45,70H,4-7,9-10,12-16,18-19,21-25,27-44,46-69H2,1-3H3/b11-8-,20-17-,45-26-. The summed E-state index contributed by atoms with van der Waals surface area (Å²) in [7, 11) is 0. The molecule has 0 radical (unpaired) electrons. The van der Waals surface area contributed by atoms with Crippen molar-refractivity contribution < 1.29 is 28.6 Å². The Morgan fingerprint density at radius 2 is 0.494 bits per heavy atom. The van der Waals surface area contributed by atoms with Crippen molar-refractivity contribution >= 4 is 17.9 Å². The molecule has 0 aliphatic carbocycles. The van der Waals surface area contributed by atoms with Crippen molar-refractivity contribution in [3.63, 3.8) is 0 Å². The summed E-state index contributed by atoms with van der Waals surface area (Å²) < 4.78 is 16.9. The molecule has 6 nitrogen and oxygen atoms in total. The highest BCUT2D eigenvalue weighted by molar-refractivity contribution is 5.71. The molecule has 6 heteroatoms. The number of carbonyl (C=O) groups is 3. The first-order valence-electron chi connectivity index (χ1n) is 35.5. The zero-order chi connectivity index (χ0) is 57.1. The van der Waals surface area contributed by atoms with Gasteiger partial charge in [-0.1, -0.05) is 359 Å². The number of ether oxygens (including phenoxy) is 3. The third-order valence-corrected chi connectivity index (χ3v) is 16.2. The van der Waals surface area contributed by atoms with Crippen LogP contribution in [-0.2, 0) is 28.6 Å². The van der Waals surface area contributed by atoms with E-state index in [1.165, 1.54) is 257 Å². The number of esters is 3. The Hall–Kier alpha value is -2.37. The zero-order valence-corrected chi connectivity index (χ0v) is 53.4. The molecule has 0 aliphatic heterocycles. The Morgan fingerprint density at radius 1 is 0.266 bits per heavy atom. The molecular weight excluding hydrogens is 973 g/mol. The van der Waals surface area contributed by atoms with Gasteiger partial charge in [0.25, 0.3) is 0 Å². The monoisotopic (exact) mass is 1110 g/mol. The molecule has 0 amide bonds. The lowest BCUT2D eigenvalue weighted by Gasteiger charge is -2.18. The van der Waals surface area contributed by atoms with Gasteiger partial charge in [-0.25, -0.2) is 0 Å². The Bertz CT molecular complexity index is 1320. The molecule has 0 heterocycles. The predicted molar refractivity (Wildman–Crippen MR) is 344 cm³/mol. The molecule has 0 aromatic heterocycles. The first kappa shape index (κ1) is 76.6. The predicted octanol–water partition coefficient (Wildman–Crippen LogP) is 24.3. The van der Waals surface area contributed by atoms with Crippen molar-refractivity contribution in [3.05, 3.63) is 36.5 Å². The molecule has 0 aromatic rings. The maximum atomic E-state index is 12.9. The summed E-state index contributed by atoms with van der Waals surface area (Å²) in [5.74, 6) is -0.864. The van der Waals surface area contributed by atoms with E-state index < -0.39 is 6.10 Å². The fourth-order valence-electron chi connectivity index (χ4n) is 10.9. The molecule has 0 spiro atoms. The summed E-state index contributed by atoms with van der Waals surface area (Å²) in [6.45, 7) is 6.58. The van der Waals surface area contributed by atoms with Gasteiger partial charge in [0.1, 0.15) is 13.2 Å². The molecule has 1 unspecified atom stereocenters. The van der Waals surface area contributed by atoms with Crippen molar-refractivity contribution in [2.75, 3.05) is 13.2 Å². The van der Waals surface area contributed by atoms with Gasteiger partial charge < -0.3 is 14.2 Å². The quantitative estimate of drug-likeness (QED) is 0.0261. The second kappa shape index (κ2) is 68.1. The first-order valence-corrected chi connectivity index (χ1v) is 35.5. The van der Waals surface area contributed by atoms with Crippen LogP contribution in [0.5, 0.6) is 0 Å². The molecule has 79 heavy (non-hydrogen) atoms. The summed E-state index contributed by atoms with van der Waals surface area (Å²) in [5.41, 5.74) is 0. The Morgan fingerprint density at radius 3 is 0.772 bits per heavy atom. The van der Waals surface area contributed by atoms with Gasteiger partial charge in [0, 0.05) is 19.3 Å². The molecule has 0 rings (SSSR count). The second-order valence-electron chi connectivity index (χ2n) is 24.1. The first-order chi connectivity index (χ1) is 39.0. The molecule has 1 atom stereocenters. The Labute approximate surface area is 493 Å². The summed E-state index contributed by atoms with van der Waals surface area (Å²) in [4.78, 5) is 38.3. The van der Waals surface area contributed by atoms with Gasteiger partial charge in [-0.3, -0.25) is 14.4 Å². The van der Waals surface area contributed by atoms with E-state index in [9.17, 15) is 14.4 Å². The van der Waals surface area contributed by atoms with Gasteiger partial charge in [-0.05, 0) is 51.4 Å². The molecule has 0 bridgehead atoms. The minimum absolute atomic E-state index is 0.0739. The van der Waals surface area contributed by atoms with E-state index in [-0.39, 0.29) is 31.1 Å². The lowest BCUT2D eigenvalue weighted by molar-refractivity contribution is -0.167. The molecule has 0 fully saturated rings. The highest BCUT2D eigenvalue weighted by atomic mass is 16.6. The molecule has 464 valence electrons. The van der Waals surface area contributed by atoms with Crippen LogP contribution >= 0.6 is 0 Å².